The molecule has 1 atom stereocenters. The smallest absolute Gasteiger partial charge is 0.0318 e. The standard InChI is InChI=1S/C17H28N2/c1-3-17(16-9-7-15(2)8-10-16)18-11-14-19-12-5-4-6-13-19/h7-10,17-18H,3-6,11-14H2,1-2H3. The van der Waals surface area contributed by atoms with Crippen molar-refractivity contribution in [2.75, 3.05) is 26.2 Å². The normalized spacial score (nSPS) is 18.4. The zero-order chi connectivity index (χ0) is 13.5. The molecule has 1 N–H and O–H groups in total. The van der Waals surface area contributed by atoms with Gasteiger partial charge in [0.15, 0.2) is 0 Å². The number of nitrogens with zero attached hydrogens (tertiary/aromatic N) is 1. The van der Waals surface area contributed by atoms with Crippen molar-refractivity contribution in [3.8, 4) is 0 Å². The van der Waals surface area contributed by atoms with Crippen molar-refractivity contribution in [3.63, 3.8) is 0 Å². The van der Waals surface area contributed by atoms with E-state index in [4.69, 9.17) is 0 Å². The zero-order valence-electron chi connectivity index (χ0n) is 12.5. The predicted octanol–water partition coefficient (Wildman–Crippen LogP) is 3.52. The molecule has 2 heteroatoms. The molecule has 1 aliphatic rings. The number of benzene rings is 1. The van der Waals surface area contributed by atoms with Gasteiger partial charge in [0.05, 0.1) is 0 Å². The van der Waals surface area contributed by atoms with Crippen molar-refractivity contribution in [2.24, 2.45) is 0 Å². The minimum Gasteiger partial charge on any atom is -0.309 e. The largest absolute Gasteiger partial charge is 0.309 e. The predicted molar refractivity (Wildman–Crippen MR) is 82.5 cm³/mol. The third-order valence-electron chi connectivity index (χ3n) is 4.16. The number of hydrogen-bond acceptors (Lipinski definition) is 2. The van der Waals surface area contributed by atoms with Crippen LogP contribution < -0.4 is 5.32 Å². The third kappa shape index (κ3) is 4.63. The number of rotatable bonds is 6. The van der Waals surface area contributed by atoms with Gasteiger partial charge in [0, 0.05) is 19.1 Å². The summed E-state index contributed by atoms with van der Waals surface area (Å²) < 4.78 is 0. The molecule has 0 amide bonds. The Bertz CT molecular complexity index is 352. The molecule has 1 fully saturated rings. The Morgan fingerprint density at radius 2 is 1.79 bits per heavy atom. The Morgan fingerprint density at radius 3 is 2.42 bits per heavy atom. The molecule has 1 aromatic rings. The number of likely N-dealkylation sites (tertiary alicyclic amines) is 1. The van der Waals surface area contributed by atoms with Gasteiger partial charge >= 0.3 is 0 Å². The second kappa shape index (κ2) is 7.66. The second-order valence-electron chi connectivity index (χ2n) is 5.73. The summed E-state index contributed by atoms with van der Waals surface area (Å²) in [6.45, 7) is 9.30. The molecule has 1 heterocycles. The second-order valence-corrected chi connectivity index (χ2v) is 5.73. The first-order chi connectivity index (χ1) is 9.29. The van der Waals surface area contributed by atoms with E-state index in [1.165, 1.54) is 50.0 Å². The average molecular weight is 260 g/mol. The van der Waals surface area contributed by atoms with Gasteiger partial charge in [0.1, 0.15) is 0 Å². The highest BCUT2D eigenvalue weighted by Crippen LogP contribution is 2.17. The van der Waals surface area contributed by atoms with E-state index < -0.39 is 0 Å². The lowest BCUT2D eigenvalue weighted by Crippen LogP contribution is -2.36. The molecule has 1 aromatic carbocycles. The molecule has 0 spiro atoms. The monoisotopic (exact) mass is 260 g/mol. The highest BCUT2D eigenvalue weighted by atomic mass is 15.1. The van der Waals surface area contributed by atoms with Gasteiger partial charge in [-0.3, -0.25) is 0 Å². The molecule has 19 heavy (non-hydrogen) atoms. The van der Waals surface area contributed by atoms with Crippen LogP contribution >= 0.6 is 0 Å². The van der Waals surface area contributed by atoms with Crippen molar-refractivity contribution in [3.05, 3.63) is 35.4 Å². The maximum absolute atomic E-state index is 3.71. The highest BCUT2D eigenvalue weighted by Gasteiger charge is 2.11. The first-order valence-corrected chi connectivity index (χ1v) is 7.82. The molecule has 1 unspecified atom stereocenters. The molecule has 2 rings (SSSR count). The third-order valence-corrected chi connectivity index (χ3v) is 4.16. The molecular weight excluding hydrogens is 232 g/mol. The summed E-state index contributed by atoms with van der Waals surface area (Å²) in [4.78, 5) is 2.60. The molecule has 0 aromatic heterocycles. The van der Waals surface area contributed by atoms with Crippen molar-refractivity contribution < 1.29 is 0 Å². The highest BCUT2D eigenvalue weighted by molar-refractivity contribution is 5.24. The summed E-state index contributed by atoms with van der Waals surface area (Å²) in [5, 5.41) is 3.71. The molecule has 2 nitrogen and oxygen atoms in total. The van der Waals surface area contributed by atoms with Gasteiger partial charge in [-0.15, -0.1) is 0 Å². The Hall–Kier alpha value is -0.860. The van der Waals surface area contributed by atoms with Gasteiger partial charge in [-0.25, -0.2) is 0 Å². The quantitative estimate of drug-likeness (QED) is 0.842. The fraction of sp³-hybridized carbons (Fsp3) is 0.647. The first kappa shape index (κ1) is 14.5. The Labute approximate surface area is 118 Å². The van der Waals surface area contributed by atoms with Crippen LogP contribution in [0.15, 0.2) is 24.3 Å². The summed E-state index contributed by atoms with van der Waals surface area (Å²) in [6.07, 6.45) is 5.35. The van der Waals surface area contributed by atoms with Crippen LogP contribution in [0.4, 0.5) is 0 Å². The van der Waals surface area contributed by atoms with Gasteiger partial charge in [0.25, 0.3) is 0 Å². The molecule has 0 saturated carbocycles. The summed E-state index contributed by atoms with van der Waals surface area (Å²) in [5.74, 6) is 0. The van der Waals surface area contributed by atoms with Crippen LogP contribution in [0.2, 0.25) is 0 Å². The van der Waals surface area contributed by atoms with Crippen LogP contribution in [0, 0.1) is 6.92 Å². The van der Waals surface area contributed by atoms with Crippen LogP contribution in [-0.2, 0) is 0 Å². The van der Waals surface area contributed by atoms with Gasteiger partial charge in [-0.2, -0.15) is 0 Å². The van der Waals surface area contributed by atoms with E-state index in [0.29, 0.717) is 6.04 Å². The minimum absolute atomic E-state index is 0.505. The Kier molecular flexibility index (Phi) is 5.87. The van der Waals surface area contributed by atoms with E-state index in [1.54, 1.807) is 0 Å². The summed E-state index contributed by atoms with van der Waals surface area (Å²) in [5.41, 5.74) is 2.76. The number of hydrogen-bond donors (Lipinski definition) is 1. The van der Waals surface area contributed by atoms with Crippen molar-refractivity contribution in [1.82, 2.24) is 10.2 Å². The van der Waals surface area contributed by atoms with E-state index in [9.17, 15) is 0 Å². The van der Waals surface area contributed by atoms with Crippen LogP contribution in [-0.4, -0.2) is 31.1 Å². The van der Waals surface area contributed by atoms with Crippen LogP contribution in [0.3, 0.4) is 0 Å². The van der Waals surface area contributed by atoms with Crippen molar-refractivity contribution in [2.45, 2.75) is 45.6 Å². The lowest BCUT2D eigenvalue weighted by Gasteiger charge is -2.27. The molecule has 1 saturated heterocycles. The van der Waals surface area contributed by atoms with E-state index in [1.807, 2.05) is 0 Å². The number of nitrogens with one attached hydrogen (secondary N) is 1. The fourth-order valence-corrected chi connectivity index (χ4v) is 2.88. The van der Waals surface area contributed by atoms with Crippen LogP contribution in [0.25, 0.3) is 0 Å². The summed E-state index contributed by atoms with van der Waals surface area (Å²) in [6, 6.07) is 9.45. The zero-order valence-corrected chi connectivity index (χ0v) is 12.5. The Balaban J connectivity index is 1.77. The van der Waals surface area contributed by atoms with E-state index in [2.05, 4.69) is 48.3 Å². The topological polar surface area (TPSA) is 15.3 Å². The molecule has 1 aliphatic heterocycles. The van der Waals surface area contributed by atoms with Gasteiger partial charge < -0.3 is 10.2 Å². The van der Waals surface area contributed by atoms with Crippen molar-refractivity contribution in [1.29, 1.82) is 0 Å². The first-order valence-electron chi connectivity index (χ1n) is 7.82. The van der Waals surface area contributed by atoms with Gasteiger partial charge in [-0.05, 0) is 44.8 Å². The molecule has 106 valence electrons. The van der Waals surface area contributed by atoms with Crippen molar-refractivity contribution >= 4 is 0 Å². The summed E-state index contributed by atoms with van der Waals surface area (Å²) in [7, 11) is 0. The molecule has 0 bridgehead atoms. The fourth-order valence-electron chi connectivity index (χ4n) is 2.88. The SMILES string of the molecule is CCC(NCCN1CCCCC1)c1ccc(C)cc1. The molecular formula is C17H28N2. The lowest BCUT2D eigenvalue weighted by molar-refractivity contribution is 0.226. The van der Waals surface area contributed by atoms with E-state index >= 15 is 0 Å². The van der Waals surface area contributed by atoms with E-state index in [-0.39, 0.29) is 0 Å². The van der Waals surface area contributed by atoms with Crippen LogP contribution in [0.1, 0.15) is 49.8 Å². The van der Waals surface area contributed by atoms with Crippen LogP contribution in [0.5, 0.6) is 0 Å². The van der Waals surface area contributed by atoms with Gasteiger partial charge in [-0.1, -0.05) is 43.2 Å². The number of piperidine rings is 1. The molecule has 0 radical (unpaired) electrons. The maximum Gasteiger partial charge on any atom is 0.0318 e. The average Bonchev–Trinajstić information content (AvgIpc) is 2.46. The number of aryl methyl sites for hydroxylation is 1. The maximum atomic E-state index is 3.71. The molecule has 0 aliphatic carbocycles. The minimum atomic E-state index is 0.505. The van der Waals surface area contributed by atoms with Gasteiger partial charge in [0.2, 0.25) is 0 Å². The lowest BCUT2D eigenvalue weighted by atomic mass is 10.0. The summed E-state index contributed by atoms with van der Waals surface area (Å²) >= 11 is 0. The Morgan fingerprint density at radius 1 is 1.11 bits per heavy atom. The van der Waals surface area contributed by atoms with E-state index in [0.717, 1.165) is 13.0 Å².